The van der Waals surface area contributed by atoms with Crippen LogP contribution in [0.15, 0.2) is 122 Å². The minimum absolute atomic E-state index is 0.0413. The lowest BCUT2D eigenvalue weighted by Crippen LogP contribution is -2.61. The van der Waals surface area contributed by atoms with E-state index in [1.807, 2.05) is 18.2 Å². The molecule has 11 heteroatoms. The molecule has 1 amide bonds. The van der Waals surface area contributed by atoms with Crippen molar-refractivity contribution >= 4 is 11.9 Å². The Balaban J connectivity index is 2.67. The fourth-order valence-corrected chi connectivity index (χ4v) is 9.43. The summed E-state index contributed by atoms with van der Waals surface area (Å²) in [4.78, 5) is 26.6. The molecular formula is C71H119NO10. The maximum atomic E-state index is 13.5. The highest BCUT2D eigenvalue weighted by atomic mass is 16.7. The van der Waals surface area contributed by atoms with Crippen LogP contribution in [0.3, 0.4) is 0 Å². The smallest absolute Gasteiger partial charge is 0.306 e. The largest absolute Gasteiger partial charge is 0.454 e. The van der Waals surface area contributed by atoms with Crippen LogP contribution in [0.2, 0.25) is 0 Å². The Morgan fingerprint density at radius 3 is 1.34 bits per heavy atom. The molecule has 1 aliphatic rings. The molecule has 82 heavy (non-hydrogen) atoms. The Morgan fingerprint density at radius 1 is 0.488 bits per heavy atom. The van der Waals surface area contributed by atoms with Crippen LogP contribution in [-0.2, 0) is 23.8 Å². The predicted molar refractivity (Wildman–Crippen MR) is 342 cm³/mol. The molecule has 6 N–H and O–H groups in total. The van der Waals surface area contributed by atoms with Crippen molar-refractivity contribution in [3.05, 3.63) is 122 Å². The topological polar surface area (TPSA) is 175 Å². The number of allylic oxidation sites excluding steroid dienone is 19. The number of esters is 1. The second-order valence-electron chi connectivity index (χ2n) is 22.1. The van der Waals surface area contributed by atoms with Crippen LogP contribution in [0.5, 0.6) is 0 Å². The van der Waals surface area contributed by atoms with Gasteiger partial charge in [-0.15, -0.1) is 0 Å². The number of hydrogen-bond acceptors (Lipinski definition) is 10. The summed E-state index contributed by atoms with van der Waals surface area (Å²) in [6.45, 7) is 5.61. The van der Waals surface area contributed by atoms with Crippen molar-refractivity contribution in [3.8, 4) is 0 Å². The SMILES string of the molecule is CC/C=C\C/C=C\C/C=C\C/C=C\C/C=C\CCCCCCCCCCC(O)C(=O)NC(COC1OC(CO)C(O)C(O)C1OC(=O)CCC/C=C\C/C=C\C/C=C\C/C=C\CCCCC)C(O)/C=C/CCCCCCCCCCCC. The second-order valence-corrected chi connectivity index (χ2v) is 22.1. The van der Waals surface area contributed by atoms with E-state index >= 15 is 0 Å². The van der Waals surface area contributed by atoms with Crippen LogP contribution < -0.4 is 5.32 Å². The molecule has 0 spiro atoms. The van der Waals surface area contributed by atoms with Gasteiger partial charge in [0, 0.05) is 6.42 Å². The molecule has 1 heterocycles. The molecule has 0 aromatic heterocycles. The first-order valence-electron chi connectivity index (χ1n) is 32.8. The van der Waals surface area contributed by atoms with E-state index in [1.165, 1.54) is 83.5 Å². The van der Waals surface area contributed by atoms with E-state index in [2.05, 4.69) is 123 Å². The summed E-state index contributed by atoms with van der Waals surface area (Å²) in [5.41, 5.74) is 0. The van der Waals surface area contributed by atoms with Gasteiger partial charge in [0.05, 0.1) is 25.4 Å². The average molecular weight is 1150 g/mol. The Labute approximate surface area is 500 Å². The highest BCUT2D eigenvalue weighted by Gasteiger charge is 2.47. The summed E-state index contributed by atoms with van der Waals surface area (Å²) >= 11 is 0. The molecule has 8 atom stereocenters. The number of aliphatic hydroxyl groups excluding tert-OH is 5. The number of nitrogens with one attached hydrogen (secondary N) is 1. The molecule has 0 saturated carbocycles. The summed E-state index contributed by atoms with van der Waals surface area (Å²) in [6, 6.07) is -1.05. The molecule has 1 saturated heterocycles. The number of hydrogen-bond donors (Lipinski definition) is 6. The van der Waals surface area contributed by atoms with E-state index in [1.54, 1.807) is 6.08 Å². The first kappa shape index (κ1) is 76.1. The zero-order valence-electron chi connectivity index (χ0n) is 51.8. The maximum absolute atomic E-state index is 13.5. The van der Waals surface area contributed by atoms with E-state index in [-0.39, 0.29) is 19.4 Å². The van der Waals surface area contributed by atoms with E-state index in [0.717, 1.165) is 116 Å². The number of carbonyl (C=O) groups excluding carboxylic acids is 2. The van der Waals surface area contributed by atoms with E-state index in [4.69, 9.17) is 14.2 Å². The maximum Gasteiger partial charge on any atom is 0.306 e. The Bertz CT molecular complexity index is 1800. The van der Waals surface area contributed by atoms with Gasteiger partial charge >= 0.3 is 5.97 Å². The zero-order valence-corrected chi connectivity index (χ0v) is 51.8. The molecule has 8 unspecified atom stereocenters. The normalized spacial score (nSPS) is 19.4. The molecule has 1 aliphatic heterocycles. The van der Waals surface area contributed by atoms with E-state index < -0.39 is 67.4 Å². The summed E-state index contributed by atoms with van der Waals surface area (Å²) in [5, 5.41) is 57.1. The molecule has 0 aromatic rings. The highest BCUT2D eigenvalue weighted by Crippen LogP contribution is 2.26. The van der Waals surface area contributed by atoms with Crippen molar-refractivity contribution in [1.82, 2.24) is 5.32 Å². The van der Waals surface area contributed by atoms with Gasteiger partial charge < -0.3 is 45.1 Å². The van der Waals surface area contributed by atoms with Gasteiger partial charge in [-0.2, -0.15) is 0 Å². The van der Waals surface area contributed by atoms with Crippen LogP contribution in [0, 0.1) is 0 Å². The molecule has 0 bridgehead atoms. The fourth-order valence-electron chi connectivity index (χ4n) is 9.43. The second kappa shape index (κ2) is 57.5. The summed E-state index contributed by atoms with van der Waals surface area (Å²) in [5.74, 6) is -1.27. The van der Waals surface area contributed by atoms with Crippen molar-refractivity contribution in [3.63, 3.8) is 0 Å². The fraction of sp³-hybridized carbons (Fsp3) is 0.690. The summed E-state index contributed by atoms with van der Waals surface area (Å²) in [6.07, 6.45) is 69.5. The molecule has 11 nitrogen and oxygen atoms in total. The Hall–Kier alpha value is -3.94. The third kappa shape index (κ3) is 44.6. The van der Waals surface area contributed by atoms with Crippen molar-refractivity contribution in [2.45, 2.75) is 301 Å². The number of aliphatic hydroxyl groups is 5. The van der Waals surface area contributed by atoms with Crippen molar-refractivity contribution in [2.75, 3.05) is 13.2 Å². The zero-order chi connectivity index (χ0) is 59.6. The van der Waals surface area contributed by atoms with E-state index in [0.29, 0.717) is 19.3 Å². The van der Waals surface area contributed by atoms with Gasteiger partial charge in [0.15, 0.2) is 12.4 Å². The number of rotatable bonds is 54. The third-order valence-corrected chi connectivity index (χ3v) is 14.6. The number of amides is 1. The minimum atomic E-state index is -1.64. The van der Waals surface area contributed by atoms with Gasteiger partial charge in [-0.3, -0.25) is 9.59 Å². The third-order valence-electron chi connectivity index (χ3n) is 14.6. The van der Waals surface area contributed by atoms with Crippen LogP contribution in [-0.4, -0.2) is 99.6 Å². The van der Waals surface area contributed by atoms with Gasteiger partial charge in [0.2, 0.25) is 5.91 Å². The van der Waals surface area contributed by atoms with Crippen molar-refractivity contribution < 1.29 is 49.3 Å². The van der Waals surface area contributed by atoms with Gasteiger partial charge in [-0.25, -0.2) is 0 Å². The molecule has 0 aliphatic carbocycles. The number of carbonyl (C=O) groups is 2. The average Bonchev–Trinajstić information content (AvgIpc) is 3.68. The van der Waals surface area contributed by atoms with Gasteiger partial charge in [-0.05, 0) is 109 Å². The standard InChI is InChI=1S/C71H119NO10/c1-4-7-10-13-16-19-22-25-27-29-30-31-32-33-34-35-37-38-40-43-46-49-52-55-58-64(75)70(79)72-62(63(74)57-54-51-48-45-42-24-21-18-15-12-9-6-3)61-80-71-69(68(78)67(77)65(60-73)81-71)82-66(76)59-56-53-50-47-44-41-39-36-28-26-23-20-17-14-11-8-5-2/h7,10,16-17,19-20,25-28,30-31,33-34,39,41,47,50,54,57,62-65,67-69,71,73-75,77-78H,4-6,8-9,11-15,18,21-24,29,32,35-38,40,42-46,48-49,51-53,55-56,58-61H2,1-3H3,(H,72,79)/b10-7-,19-16-,20-17-,27-25-,28-26-,31-30-,34-33-,41-39-,50-47-,57-54+. The lowest BCUT2D eigenvalue weighted by Gasteiger charge is -2.41. The predicted octanol–water partition coefficient (Wildman–Crippen LogP) is 16.2. The first-order chi connectivity index (χ1) is 40.2. The molecule has 468 valence electrons. The Morgan fingerprint density at radius 2 is 0.878 bits per heavy atom. The Kier molecular flexibility index (Phi) is 53.3. The highest BCUT2D eigenvalue weighted by molar-refractivity contribution is 5.80. The quantitative estimate of drug-likeness (QED) is 0.0195. The number of ether oxygens (including phenoxy) is 3. The van der Waals surface area contributed by atoms with Gasteiger partial charge in [-0.1, -0.05) is 258 Å². The first-order valence-corrected chi connectivity index (χ1v) is 32.8. The summed E-state index contributed by atoms with van der Waals surface area (Å²) in [7, 11) is 0. The lowest BCUT2D eigenvalue weighted by molar-refractivity contribution is -0.305. The monoisotopic (exact) mass is 1150 g/mol. The molecule has 1 rings (SSSR count). The summed E-state index contributed by atoms with van der Waals surface area (Å²) < 4.78 is 17.6. The molecule has 1 fully saturated rings. The van der Waals surface area contributed by atoms with E-state index in [9.17, 15) is 35.1 Å². The van der Waals surface area contributed by atoms with Gasteiger partial charge in [0.25, 0.3) is 0 Å². The lowest BCUT2D eigenvalue weighted by atomic mass is 9.99. The van der Waals surface area contributed by atoms with Gasteiger partial charge in [0.1, 0.15) is 24.4 Å². The number of unbranched alkanes of at least 4 members (excludes halogenated alkanes) is 22. The molecular weight excluding hydrogens is 1030 g/mol. The van der Waals surface area contributed by atoms with Crippen molar-refractivity contribution in [1.29, 1.82) is 0 Å². The van der Waals surface area contributed by atoms with Crippen LogP contribution in [0.1, 0.15) is 252 Å². The molecule has 0 aromatic carbocycles. The molecule has 0 radical (unpaired) electrons. The van der Waals surface area contributed by atoms with Crippen LogP contribution in [0.25, 0.3) is 0 Å². The van der Waals surface area contributed by atoms with Crippen LogP contribution in [0.4, 0.5) is 0 Å². The van der Waals surface area contributed by atoms with Crippen LogP contribution >= 0.6 is 0 Å². The minimum Gasteiger partial charge on any atom is -0.454 e. The van der Waals surface area contributed by atoms with Crippen molar-refractivity contribution in [2.24, 2.45) is 0 Å².